The molecule has 1 N–H and O–H groups in total. The average Bonchev–Trinajstić information content (AvgIpc) is 2.80. The second kappa shape index (κ2) is 7.48. The number of rotatable bonds is 7. The van der Waals surface area contributed by atoms with Gasteiger partial charge in [0, 0.05) is 25.2 Å². The first-order valence-corrected chi connectivity index (χ1v) is 7.41. The standard InChI is InChI=1S/C14H27F3N2/c1-4-6-13(11(3)5-2)19-8-7-12(9-19)18-10-14(15,16)17/h11-13,18H,4-10H2,1-3H3. The van der Waals surface area contributed by atoms with Crippen molar-refractivity contribution in [2.45, 2.75) is 64.7 Å². The van der Waals surface area contributed by atoms with E-state index in [2.05, 4.69) is 31.0 Å². The Kier molecular flexibility index (Phi) is 6.60. The minimum Gasteiger partial charge on any atom is -0.305 e. The van der Waals surface area contributed by atoms with Gasteiger partial charge in [-0.3, -0.25) is 4.90 Å². The van der Waals surface area contributed by atoms with E-state index >= 15 is 0 Å². The first kappa shape index (κ1) is 16.8. The number of alkyl halides is 3. The van der Waals surface area contributed by atoms with E-state index in [1.807, 2.05) is 0 Å². The zero-order valence-corrected chi connectivity index (χ0v) is 12.3. The number of likely N-dealkylation sites (tertiary alicyclic amines) is 1. The van der Waals surface area contributed by atoms with Crippen LogP contribution in [-0.2, 0) is 0 Å². The molecule has 1 saturated heterocycles. The third-order valence-electron chi connectivity index (χ3n) is 4.17. The molecule has 1 aliphatic rings. The maximum atomic E-state index is 12.2. The maximum Gasteiger partial charge on any atom is 0.401 e. The Hall–Kier alpha value is -0.290. The number of nitrogens with one attached hydrogen (secondary N) is 1. The summed E-state index contributed by atoms with van der Waals surface area (Å²) in [5.74, 6) is 0.612. The van der Waals surface area contributed by atoms with Gasteiger partial charge in [0.2, 0.25) is 0 Å². The molecule has 114 valence electrons. The van der Waals surface area contributed by atoms with Gasteiger partial charge in [-0.25, -0.2) is 0 Å². The predicted molar refractivity (Wildman–Crippen MR) is 72.2 cm³/mol. The largest absolute Gasteiger partial charge is 0.401 e. The fourth-order valence-electron chi connectivity index (χ4n) is 2.91. The quantitative estimate of drug-likeness (QED) is 0.768. The normalized spacial score (nSPS) is 24.6. The van der Waals surface area contributed by atoms with Crippen LogP contribution in [-0.4, -0.2) is 42.8 Å². The molecule has 0 spiro atoms. The number of halogens is 3. The summed E-state index contributed by atoms with van der Waals surface area (Å²) in [4.78, 5) is 2.38. The molecule has 1 fully saturated rings. The minimum absolute atomic E-state index is 0.00922. The summed E-state index contributed by atoms with van der Waals surface area (Å²) < 4.78 is 36.6. The van der Waals surface area contributed by atoms with Crippen molar-refractivity contribution in [3.8, 4) is 0 Å². The molecule has 0 radical (unpaired) electrons. The Labute approximate surface area is 114 Å². The smallest absolute Gasteiger partial charge is 0.305 e. The van der Waals surface area contributed by atoms with Gasteiger partial charge < -0.3 is 5.32 Å². The lowest BCUT2D eigenvalue weighted by Gasteiger charge is -2.32. The number of nitrogens with zero attached hydrogens (tertiary/aromatic N) is 1. The third-order valence-corrected chi connectivity index (χ3v) is 4.17. The van der Waals surface area contributed by atoms with E-state index in [1.165, 1.54) is 0 Å². The Bertz CT molecular complexity index is 256. The van der Waals surface area contributed by atoms with Crippen molar-refractivity contribution in [3.63, 3.8) is 0 Å². The van der Waals surface area contributed by atoms with E-state index < -0.39 is 12.7 Å². The van der Waals surface area contributed by atoms with Crippen LogP contribution in [0.5, 0.6) is 0 Å². The van der Waals surface area contributed by atoms with E-state index in [-0.39, 0.29) is 6.04 Å². The fraction of sp³-hybridized carbons (Fsp3) is 1.00. The molecule has 0 aliphatic carbocycles. The van der Waals surface area contributed by atoms with Crippen molar-refractivity contribution in [2.75, 3.05) is 19.6 Å². The Balaban J connectivity index is 2.44. The summed E-state index contributed by atoms with van der Waals surface area (Å²) in [5.41, 5.74) is 0. The van der Waals surface area contributed by atoms with E-state index in [4.69, 9.17) is 0 Å². The molecule has 1 heterocycles. The Morgan fingerprint density at radius 3 is 2.53 bits per heavy atom. The number of hydrogen-bond acceptors (Lipinski definition) is 2. The van der Waals surface area contributed by atoms with E-state index in [0.717, 1.165) is 38.8 Å². The molecule has 3 unspecified atom stereocenters. The minimum atomic E-state index is -4.10. The van der Waals surface area contributed by atoms with Crippen LogP contribution in [0.2, 0.25) is 0 Å². The van der Waals surface area contributed by atoms with Crippen LogP contribution in [0.15, 0.2) is 0 Å². The van der Waals surface area contributed by atoms with Crippen LogP contribution in [0.1, 0.15) is 46.5 Å². The third kappa shape index (κ3) is 5.69. The summed E-state index contributed by atoms with van der Waals surface area (Å²) in [5, 5.41) is 2.64. The highest BCUT2D eigenvalue weighted by Crippen LogP contribution is 2.24. The van der Waals surface area contributed by atoms with Crippen LogP contribution in [0.25, 0.3) is 0 Å². The fourth-order valence-corrected chi connectivity index (χ4v) is 2.91. The van der Waals surface area contributed by atoms with Gasteiger partial charge in [0.05, 0.1) is 6.54 Å². The summed E-state index contributed by atoms with van der Waals surface area (Å²) in [6.45, 7) is 7.41. The summed E-state index contributed by atoms with van der Waals surface area (Å²) >= 11 is 0. The van der Waals surface area contributed by atoms with Gasteiger partial charge in [0.15, 0.2) is 0 Å². The lowest BCUT2D eigenvalue weighted by molar-refractivity contribution is -0.126. The van der Waals surface area contributed by atoms with E-state index in [0.29, 0.717) is 12.0 Å². The van der Waals surface area contributed by atoms with Crippen molar-refractivity contribution < 1.29 is 13.2 Å². The first-order chi connectivity index (χ1) is 8.87. The van der Waals surface area contributed by atoms with Gasteiger partial charge >= 0.3 is 6.18 Å². The van der Waals surface area contributed by atoms with Crippen LogP contribution >= 0.6 is 0 Å². The zero-order chi connectivity index (χ0) is 14.5. The average molecular weight is 280 g/mol. The van der Waals surface area contributed by atoms with Gasteiger partial charge in [-0.15, -0.1) is 0 Å². The molecule has 0 aromatic carbocycles. The second-order valence-electron chi connectivity index (χ2n) is 5.72. The molecule has 2 nitrogen and oxygen atoms in total. The summed E-state index contributed by atoms with van der Waals surface area (Å²) in [6, 6.07) is 0.512. The highest BCUT2D eigenvalue weighted by molar-refractivity contribution is 4.87. The molecule has 1 rings (SSSR count). The van der Waals surface area contributed by atoms with E-state index in [1.54, 1.807) is 0 Å². The van der Waals surface area contributed by atoms with Crippen molar-refractivity contribution in [3.05, 3.63) is 0 Å². The molecule has 1 aliphatic heterocycles. The van der Waals surface area contributed by atoms with Gasteiger partial charge in [0.25, 0.3) is 0 Å². The SMILES string of the molecule is CCCC(C(C)CC)N1CCC(NCC(F)(F)F)C1. The van der Waals surface area contributed by atoms with Gasteiger partial charge in [-0.1, -0.05) is 33.6 Å². The van der Waals surface area contributed by atoms with Gasteiger partial charge in [-0.05, 0) is 18.8 Å². The first-order valence-electron chi connectivity index (χ1n) is 7.41. The zero-order valence-electron chi connectivity index (χ0n) is 12.3. The second-order valence-corrected chi connectivity index (χ2v) is 5.72. The van der Waals surface area contributed by atoms with Crippen molar-refractivity contribution in [1.29, 1.82) is 0 Å². The molecule has 19 heavy (non-hydrogen) atoms. The topological polar surface area (TPSA) is 15.3 Å². The predicted octanol–water partition coefficient (Wildman–Crippen LogP) is 3.43. The lowest BCUT2D eigenvalue weighted by atomic mass is 9.94. The highest BCUT2D eigenvalue weighted by atomic mass is 19.4. The molecule has 3 atom stereocenters. The Morgan fingerprint density at radius 2 is 2.00 bits per heavy atom. The molecular formula is C14H27F3N2. The Morgan fingerprint density at radius 1 is 1.32 bits per heavy atom. The molecule has 0 amide bonds. The van der Waals surface area contributed by atoms with Crippen LogP contribution in [0, 0.1) is 5.92 Å². The maximum absolute atomic E-state index is 12.2. The molecule has 0 aromatic rings. The molecule has 5 heteroatoms. The van der Waals surface area contributed by atoms with Crippen LogP contribution in [0.4, 0.5) is 13.2 Å². The summed E-state index contributed by atoms with van der Waals surface area (Å²) in [6.07, 6.45) is 0.120. The van der Waals surface area contributed by atoms with Crippen LogP contribution < -0.4 is 5.32 Å². The molecule has 0 saturated carbocycles. The van der Waals surface area contributed by atoms with E-state index in [9.17, 15) is 13.2 Å². The van der Waals surface area contributed by atoms with Crippen molar-refractivity contribution >= 4 is 0 Å². The molecular weight excluding hydrogens is 253 g/mol. The molecule has 0 bridgehead atoms. The molecule has 0 aromatic heterocycles. The lowest BCUT2D eigenvalue weighted by Crippen LogP contribution is -2.42. The van der Waals surface area contributed by atoms with Crippen molar-refractivity contribution in [2.24, 2.45) is 5.92 Å². The monoisotopic (exact) mass is 280 g/mol. The highest BCUT2D eigenvalue weighted by Gasteiger charge is 2.33. The number of hydrogen-bond donors (Lipinski definition) is 1. The summed E-state index contributed by atoms with van der Waals surface area (Å²) in [7, 11) is 0. The van der Waals surface area contributed by atoms with Crippen LogP contribution in [0.3, 0.4) is 0 Å². The van der Waals surface area contributed by atoms with Gasteiger partial charge in [-0.2, -0.15) is 13.2 Å². The van der Waals surface area contributed by atoms with Gasteiger partial charge in [0.1, 0.15) is 0 Å². The van der Waals surface area contributed by atoms with Crippen molar-refractivity contribution in [1.82, 2.24) is 10.2 Å².